The molecule has 0 spiro atoms. The number of rotatable bonds is 5. The van der Waals surface area contributed by atoms with Crippen LogP contribution in [0, 0.1) is 0 Å². The highest BCUT2D eigenvalue weighted by Gasteiger charge is 2.37. The van der Waals surface area contributed by atoms with Crippen LogP contribution in [-0.4, -0.2) is 16.7 Å². The van der Waals surface area contributed by atoms with Crippen LogP contribution < -0.4 is 0 Å². The molecule has 0 atom stereocenters. The Bertz CT molecular complexity index is 771. The average Bonchev–Trinajstić information content (AvgIpc) is 3.11. The quantitative estimate of drug-likeness (QED) is 0.547. The zero-order valence-electron chi connectivity index (χ0n) is 16.0. The van der Waals surface area contributed by atoms with Gasteiger partial charge in [-0.15, -0.1) is 0 Å². The number of hydrogen-bond acceptors (Lipinski definition) is 3. The van der Waals surface area contributed by atoms with Gasteiger partial charge >= 0.3 is 5.97 Å². The number of carbonyl (C=O) groups excluding carboxylic acids is 1. The van der Waals surface area contributed by atoms with Crippen LogP contribution in [0.3, 0.4) is 0 Å². The normalized spacial score (nSPS) is 14.6. The van der Waals surface area contributed by atoms with Crippen LogP contribution >= 0.6 is 0 Å². The number of benzene rings is 2. The van der Waals surface area contributed by atoms with E-state index in [2.05, 4.69) is 25.3 Å². The first-order valence-electron chi connectivity index (χ1n) is 9.29. The first-order valence-corrected chi connectivity index (χ1v) is 9.29. The molecule has 2 aromatic carbocycles. The first-order chi connectivity index (χ1) is 13.0. The van der Waals surface area contributed by atoms with Crippen LogP contribution in [0.15, 0.2) is 73.3 Å². The minimum absolute atomic E-state index is 0.257. The van der Waals surface area contributed by atoms with Gasteiger partial charge in [-0.2, -0.15) is 0 Å². The fourth-order valence-electron chi connectivity index (χ4n) is 3.25. The third kappa shape index (κ3) is 6.14. The summed E-state index contributed by atoms with van der Waals surface area (Å²) in [7, 11) is 0. The monoisotopic (exact) mass is 364 g/mol. The summed E-state index contributed by atoms with van der Waals surface area (Å²) in [5.41, 5.74) is 2.18. The second-order valence-electron chi connectivity index (χ2n) is 6.99. The lowest BCUT2D eigenvalue weighted by Crippen LogP contribution is -2.34. The molecule has 1 saturated carbocycles. The Morgan fingerprint density at radius 2 is 1.70 bits per heavy atom. The smallest absolute Gasteiger partial charge is 0.333 e. The Hall–Kier alpha value is -2.81. The van der Waals surface area contributed by atoms with Crippen LogP contribution in [0.25, 0.3) is 6.08 Å². The van der Waals surface area contributed by atoms with Gasteiger partial charge in [0, 0.05) is 17.6 Å². The summed E-state index contributed by atoms with van der Waals surface area (Å²) in [4.78, 5) is 11.8. The summed E-state index contributed by atoms with van der Waals surface area (Å²) < 4.78 is 5.73. The molecule has 1 aliphatic rings. The van der Waals surface area contributed by atoms with Crippen molar-refractivity contribution < 1.29 is 14.6 Å². The molecule has 1 fully saturated rings. The second kappa shape index (κ2) is 9.77. The van der Waals surface area contributed by atoms with Crippen LogP contribution in [0.5, 0.6) is 5.75 Å². The molecular formula is C24H28O3. The lowest BCUT2D eigenvalue weighted by molar-refractivity contribution is -0.154. The van der Waals surface area contributed by atoms with E-state index in [1.165, 1.54) is 5.56 Å². The van der Waals surface area contributed by atoms with Crippen molar-refractivity contribution in [2.75, 3.05) is 0 Å². The molecule has 0 bridgehead atoms. The molecular weight excluding hydrogens is 336 g/mol. The fraction of sp³-hybridized carbons (Fsp3) is 0.292. The molecule has 27 heavy (non-hydrogen) atoms. The van der Waals surface area contributed by atoms with Crippen LogP contribution in [0.2, 0.25) is 0 Å². The van der Waals surface area contributed by atoms with E-state index in [4.69, 9.17) is 9.84 Å². The minimum atomic E-state index is -0.308. The predicted octanol–water partition coefficient (Wildman–Crippen LogP) is 5.70. The van der Waals surface area contributed by atoms with Gasteiger partial charge in [0.2, 0.25) is 0 Å². The van der Waals surface area contributed by atoms with Gasteiger partial charge in [0.25, 0.3) is 0 Å². The highest BCUT2D eigenvalue weighted by Crippen LogP contribution is 2.36. The standard InChI is InChI=1S/C16H20O2.C8H8O/c1-13(2)15(17)18-16(10-6-7-11-16)12-14-8-4-3-5-9-14;1-2-7-5-3-4-6-8(7)9/h3-5,8-9H,1,6-7,10-12H2,2H3;2-6,9H,1H2. The van der Waals surface area contributed by atoms with Crippen LogP contribution in [0.4, 0.5) is 0 Å². The molecule has 2 aromatic rings. The fourth-order valence-corrected chi connectivity index (χ4v) is 3.25. The van der Waals surface area contributed by atoms with Crippen molar-refractivity contribution in [3.63, 3.8) is 0 Å². The van der Waals surface area contributed by atoms with Crippen molar-refractivity contribution in [3.05, 3.63) is 84.5 Å². The highest BCUT2D eigenvalue weighted by molar-refractivity contribution is 5.87. The number of esters is 1. The summed E-state index contributed by atoms with van der Waals surface area (Å²) in [6.45, 7) is 8.89. The lowest BCUT2D eigenvalue weighted by Gasteiger charge is -2.29. The van der Waals surface area contributed by atoms with E-state index in [-0.39, 0.29) is 17.3 Å². The van der Waals surface area contributed by atoms with Gasteiger partial charge in [-0.05, 0) is 44.2 Å². The largest absolute Gasteiger partial charge is 0.507 e. The molecule has 0 unspecified atom stereocenters. The molecule has 3 nitrogen and oxygen atoms in total. The molecule has 1 aliphatic carbocycles. The number of para-hydroxylation sites is 1. The van der Waals surface area contributed by atoms with Crippen molar-refractivity contribution in [1.82, 2.24) is 0 Å². The van der Waals surface area contributed by atoms with Gasteiger partial charge in [-0.25, -0.2) is 4.79 Å². The number of phenolic OH excluding ortho intramolecular Hbond substituents is 1. The van der Waals surface area contributed by atoms with E-state index in [0.717, 1.165) is 37.7 Å². The molecule has 0 saturated heterocycles. The van der Waals surface area contributed by atoms with Crippen LogP contribution in [-0.2, 0) is 16.0 Å². The minimum Gasteiger partial charge on any atom is -0.507 e. The Labute approximate surface area is 162 Å². The molecule has 1 N–H and O–H groups in total. The maximum Gasteiger partial charge on any atom is 0.333 e. The zero-order valence-corrected chi connectivity index (χ0v) is 16.0. The van der Waals surface area contributed by atoms with Crippen molar-refractivity contribution in [2.24, 2.45) is 0 Å². The van der Waals surface area contributed by atoms with Gasteiger partial charge in [0.1, 0.15) is 11.4 Å². The molecule has 0 radical (unpaired) electrons. The third-order valence-electron chi connectivity index (χ3n) is 4.70. The molecule has 0 aliphatic heterocycles. The van der Waals surface area contributed by atoms with Crippen molar-refractivity contribution >= 4 is 12.0 Å². The summed E-state index contributed by atoms with van der Waals surface area (Å²) in [6, 6.07) is 17.3. The Kier molecular flexibility index (Phi) is 7.42. The average molecular weight is 364 g/mol. The number of hydrogen-bond donors (Lipinski definition) is 1. The lowest BCUT2D eigenvalue weighted by atomic mass is 9.92. The molecule has 3 heteroatoms. The number of ether oxygens (including phenoxy) is 1. The first kappa shape index (κ1) is 20.5. The molecule has 3 rings (SSSR count). The SMILES string of the molecule is C=C(C)C(=O)OC1(Cc2ccccc2)CCCC1.C=Cc1ccccc1O. The molecule has 0 heterocycles. The van der Waals surface area contributed by atoms with Gasteiger partial charge in [0.15, 0.2) is 0 Å². The van der Waals surface area contributed by atoms with Crippen molar-refractivity contribution in [3.8, 4) is 5.75 Å². The zero-order chi connectivity index (χ0) is 19.7. The van der Waals surface area contributed by atoms with Gasteiger partial charge in [-0.3, -0.25) is 0 Å². The summed E-state index contributed by atoms with van der Waals surface area (Å²) in [5, 5.41) is 9.04. The maximum absolute atomic E-state index is 11.8. The summed E-state index contributed by atoms with van der Waals surface area (Å²) in [6.07, 6.45) is 6.62. The third-order valence-corrected chi connectivity index (χ3v) is 4.70. The van der Waals surface area contributed by atoms with E-state index in [0.29, 0.717) is 5.57 Å². The number of phenols is 1. The predicted molar refractivity (Wildman–Crippen MR) is 110 cm³/mol. The van der Waals surface area contributed by atoms with E-state index in [1.54, 1.807) is 25.1 Å². The van der Waals surface area contributed by atoms with Gasteiger partial charge in [0.05, 0.1) is 0 Å². The van der Waals surface area contributed by atoms with Crippen molar-refractivity contribution in [1.29, 1.82) is 0 Å². The maximum atomic E-state index is 11.8. The Morgan fingerprint density at radius 1 is 1.11 bits per heavy atom. The Balaban J connectivity index is 0.000000244. The van der Waals surface area contributed by atoms with E-state index in [1.807, 2.05) is 30.3 Å². The molecule has 0 amide bonds. The van der Waals surface area contributed by atoms with Gasteiger partial charge < -0.3 is 9.84 Å². The van der Waals surface area contributed by atoms with E-state index < -0.39 is 0 Å². The summed E-state index contributed by atoms with van der Waals surface area (Å²) in [5.74, 6) is 0.0281. The van der Waals surface area contributed by atoms with Gasteiger partial charge in [-0.1, -0.05) is 67.8 Å². The highest BCUT2D eigenvalue weighted by atomic mass is 16.6. The molecule has 0 aromatic heterocycles. The second-order valence-corrected chi connectivity index (χ2v) is 6.99. The van der Waals surface area contributed by atoms with E-state index in [9.17, 15) is 4.79 Å². The van der Waals surface area contributed by atoms with Crippen LogP contribution in [0.1, 0.15) is 43.7 Å². The van der Waals surface area contributed by atoms with E-state index >= 15 is 0 Å². The summed E-state index contributed by atoms with van der Waals surface area (Å²) >= 11 is 0. The Morgan fingerprint density at radius 3 is 2.22 bits per heavy atom. The molecule has 142 valence electrons. The van der Waals surface area contributed by atoms with Crippen molar-refractivity contribution in [2.45, 2.75) is 44.6 Å². The number of carbonyl (C=O) groups is 1. The topological polar surface area (TPSA) is 46.5 Å². The number of aromatic hydroxyl groups is 1.